The zero-order valence-electron chi connectivity index (χ0n) is 17.8. The molecule has 1 fully saturated rings. The number of nitrogens with zero attached hydrogens (tertiary/aromatic N) is 3. The minimum absolute atomic E-state index is 0.00746. The van der Waals surface area contributed by atoms with E-state index in [1.54, 1.807) is 16.9 Å². The van der Waals surface area contributed by atoms with Crippen LogP contribution in [0.2, 0.25) is 0 Å². The number of amides is 1. The molecule has 1 saturated heterocycles. The molecule has 1 unspecified atom stereocenters. The summed E-state index contributed by atoms with van der Waals surface area (Å²) in [5.41, 5.74) is 2.53. The van der Waals surface area contributed by atoms with Gasteiger partial charge in [0, 0.05) is 13.1 Å². The standard InChI is InChI=1S/C24H24N4O3S/c1-16-6-8-18(9-7-16)28-23(30)21-20(10-13-32-21)26-24(28)27-11-2-4-17(15-27)22(29)25-14-19-5-3-12-31-19/h3,5-10,12-13,17H,2,4,11,14-15H2,1H3,(H,25,29). The summed E-state index contributed by atoms with van der Waals surface area (Å²) < 4.78 is 7.63. The van der Waals surface area contributed by atoms with Gasteiger partial charge in [-0.1, -0.05) is 17.7 Å². The number of fused-ring (bicyclic) bond motifs is 1. The highest BCUT2D eigenvalue weighted by Crippen LogP contribution is 2.26. The van der Waals surface area contributed by atoms with Crippen LogP contribution < -0.4 is 15.8 Å². The smallest absolute Gasteiger partial charge is 0.277 e. The number of hydrogen-bond donors (Lipinski definition) is 1. The van der Waals surface area contributed by atoms with Gasteiger partial charge in [-0.3, -0.25) is 9.59 Å². The van der Waals surface area contributed by atoms with E-state index in [0.717, 1.165) is 36.4 Å². The van der Waals surface area contributed by atoms with Crippen LogP contribution in [0.4, 0.5) is 5.95 Å². The van der Waals surface area contributed by atoms with E-state index < -0.39 is 0 Å². The van der Waals surface area contributed by atoms with Gasteiger partial charge in [0.05, 0.1) is 29.9 Å². The van der Waals surface area contributed by atoms with E-state index >= 15 is 0 Å². The van der Waals surface area contributed by atoms with Crippen molar-refractivity contribution in [2.24, 2.45) is 5.92 Å². The first-order chi connectivity index (χ1) is 15.6. The van der Waals surface area contributed by atoms with E-state index in [4.69, 9.17) is 9.40 Å². The fourth-order valence-corrected chi connectivity index (χ4v) is 4.90. The molecule has 1 atom stereocenters. The number of piperidine rings is 1. The summed E-state index contributed by atoms with van der Waals surface area (Å²) >= 11 is 1.40. The molecule has 1 aromatic carbocycles. The Morgan fingerprint density at radius 1 is 1.25 bits per heavy atom. The summed E-state index contributed by atoms with van der Waals surface area (Å²) in [5.74, 6) is 1.13. The van der Waals surface area contributed by atoms with Crippen LogP contribution in [0, 0.1) is 12.8 Å². The van der Waals surface area contributed by atoms with Crippen LogP contribution in [0.5, 0.6) is 0 Å². The third-order valence-corrected chi connectivity index (χ3v) is 6.74. The fraction of sp³-hybridized carbons (Fsp3) is 0.292. The molecule has 0 spiro atoms. The van der Waals surface area contributed by atoms with E-state index in [2.05, 4.69) is 10.2 Å². The Kier molecular flexibility index (Phi) is 5.53. The molecule has 0 bridgehead atoms. The van der Waals surface area contributed by atoms with Gasteiger partial charge in [-0.2, -0.15) is 0 Å². The molecule has 1 amide bonds. The van der Waals surface area contributed by atoms with Gasteiger partial charge in [0.15, 0.2) is 0 Å². The highest BCUT2D eigenvalue weighted by atomic mass is 32.1. The molecule has 0 aliphatic carbocycles. The monoisotopic (exact) mass is 448 g/mol. The van der Waals surface area contributed by atoms with Gasteiger partial charge in [0.1, 0.15) is 10.5 Å². The predicted octanol–water partition coefficient (Wildman–Crippen LogP) is 3.88. The lowest BCUT2D eigenvalue weighted by Gasteiger charge is -2.34. The van der Waals surface area contributed by atoms with E-state index in [9.17, 15) is 9.59 Å². The normalized spacial score (nSPS) is 16.4. The maximum atomic E-state index is 13.4. The molecule has 32 heavy (non-hydrogen) atoms. The summed E-state index contributed by atoms with van der Waals surface area (Å²) in [5, 5.41) is 4.86. The number of carbonyl (C=O) groups excluding carboxylic acids is 1. The van der Waals surface area contributed by atoms with Crippen molar-refractivity contribution in [1.29, 1.82) is 0 Å². The Morgan fingerprint density at radius 3 is 2.88 bits per heavy atom. The van der Waals surface area contributed by atoms with E-state index in [1.165, 1.54) is 11.3 Å². The largest absolute Gasteiger partial charge is 0.467 e. The van der Waals surface area contributed by atoms with Crippen molar-refractivity contribution in [3.05, 3.63) is 75.8 Å². The maximum absolute atomic E-state index is 13.4. The van der Waals surface area contributed by atoms with Crippen molar-refractivity contribution in [3.8, 4) is 5.69 Å². The maximum Gasteiger partial charge on any atom is 0.277 e. The molecule has 0 radical (unpaired) electrons. The van der Waals surface area contributed by atoms with Gasteiger partial charge in [-0.25, -0.2) is 9.55 Å². The Morgan fingerprint density at radius 2 is 2.09 bits per heavy atom. The zero-order chi connectivity index (χ0) is 22.1. The fourth-order valence-electron chi connectivity index (χ4n) is 4.14. The second-order valence-corrected chi connectivity index (χ2v) is 9.02. The molecule has 0 saturated carbocycles. The summed E-state index contributed by atoms with van der Waals surface area (Å²) in [6, 6.07) is 13.4. The van der Waals surface area contributed by atoms with Crippen molar-refractivity contribution < 1.29 is 9.21 Å². The summed E-state index contributed by atoms with van der Waals surface area (Å²) in [6.45, 7) is 3.65. The Hall–Kier alpha value is -3.39. The number of aromatic nitrogens is 2. The van der Waals surface area contributed by atoms with Crippen molar-refractivity contribution in [2.75, 3.05) is 18.0 Å². The molecule has 1 aliphatic heterocycles. The van der Waals surface area contributed by atoms with Crippen molar-refractivity contribution >= 4 is 33.4 Å². The van der Waals surface area contributed by atoms with Crippen LogP contribution in [0.15, 0.2) is 63.3 Å². The number of anilines is 1. The Labute approximate surface area is 189 Å². The first-order valence-corrected chi connectivity index (χ1v) is 11.6. The van der Waals surface area contributed by atoms with Crippen LogP contribution in [-0.4, -0.2) is 28.5 Å². The van der Waals surface area contributed by atoms with Gasteiger partial charge in [-0.15, -0.1) is 11.3 Å². The number of hydrogen-bond acceptors (Lipinski definition) is 6. The van der Waals surface area contributed by atoms with Gasteiger partial charge in [0.2, 0.25) is 11.9 Å². The Bertz CT molecular complexity index is 1290. The zero-order valence-corrected chi connectivity index (χ0v) is 18.6. The predicted molar refractivity (Wildman–Crippen MR) is 125 cm³/mol. The molecule has 4 heterocycles. The lowest BCUT2D eigenvalue weighted by Crippen LogP contribution is -2.45. The lowest BCUT2D eigenvalue weighted by atomic mass is 9.97. The van der Waals surface area contributed by atoms with Crippen LogP contribution in [0.1, 0.15) is 24.2 Å². The van der Waals surface area contributed by atoms with Crippen molar-refractivity contribution in [2.45, 2.75) is 26.3 Å². The van der Waals surface area contributed by atoms with E-state index in [-0.39, 0.29) is 17.4 Å². The molecule has 164 valence electrons. The van der Waals surface area contributed by atoms with Gasteiger partial charge < -0.3 is 14.6 Å². The molecule has 3 aromatic heterocycles. The quantitative estimate of drug-likeness (QED) is 0.501. The summed E-state index contributed by atoms with van der Waals surface area (Å²) in [4.78, 5) is 33.2. The second-order valence-electron chi connectivity index (χ2n) is 8.11. The van der Waals surface area contributed by atoms with Crippen LogP contribution in [0.25, 0.3) is 15.9 Å². The van der Waals surface area contributed by atoms with Gasteiger partial charge in [-0.05, 0) is 55.5 Å². The minimum atomic E-state index is -0.180. The van der Waals surface area contributed by atoms with Crippen LogP contribution in [0.3, 0.4) is 0 Å². The number of benzene rings is 1. The first-order valence-electron chi connectivity index (χ1n) is 10.7. The van der Waals surface area contributed by atoms with Gasteiger partial charge >= 0.3 is 0 Å². The topological polar surface area (TPSA) is 80.4 Å². The third kappa shape index (κ3) is 3.93. The molecular formula is C24H24N4O3S. The average molecular weight is 449 g/mol. The minimum Gasteiger partial charge on any atom is -0.467 e. The highest BCUT2D eigenvalue weighted by molar-refractivity contribution is 7.17. The first kappa shape index (κ1) is 20.5. The number of carbonyl (C=O) groups is 1. The molecule has 5 rings (SSSR count). The number of furan rings is 1. The molecule has 1 N–H and O–H groups in total. The van der Waals surface area contributed by atoms with Crippen LogP contribution >= 0.6 is 11.3 Å². The van der Waals surface area contributed by atoms with Crippen molar-refractivity contribution in [3.63, 3.8) is 0 Å². The Balaban J connectivity index is 1.46. The second kappa shape index (κ2) is 8.63. The van der Waals surface area contributed by atoms with E-state index in [0.29, 0.717) is 29.3 Å². The van der Waals surface area contributed by atoms with Crippen molar-refractivity contribution in [1.82, 2.24) is 14.9 Å². The highest BCUT2D eigenvalue weighted by Gasteiger charge is 2.29. The molecule has 7 nitrogen and oxygen atoms in total. The number of rotatable bonds is 5. The molecular weight excluding hydrogens is 424 g/mol. The summed E-state index contributed by atoms with van der Waals surface area (Å²) in [6.07, 6.45) is 3.25. The SMILES string of the molecule is Cc1ccc(-n2c(N3CCCC(C(=O)NCc4ccco4)C3)nc3ccsc3c2=O)cc1. The molecule has 4 aromatic rings. The van der Waals surface area contributed by atoms with E-state index in [1.807, 2.05) is 48.7 Å². The lowest BCUT2D eigenvalue weighted by molar-refractivity contribution is -0.125. The van der Waals surface area contributed by atoms with Crippen LogP contribution in [-0.2, 0) is 11.3 Å². The molecule has 1 aliphatic rings. The number of nitrogens with one attached hydrogen (secondary N) is 1. The average Bonchev–Trinajstić information content (AvgIpc) is 3.50. The summed E-state index contributed by atoms with van der Waals surface area (Å²) in [7, 11) is 0. The third-order valence-electron chi connectivity index (χ3n) is 5.85. The molecule has 8 heteroatoms. The number of aryl methyl sites for hydroxylation is 1. The van der Waals surface area contributed by atoms with Gasteiger partial charge in [0.25, 0.3) is 5.56 Å². The number of thiophene rings is 1.